The second kappa shape index (κ2) is 6.88. The van der Waals surface area contributed by atoms with E-state index < -0.39 is 0 Å². The summed E-state index contributed by atoms with van der Waals surface area (Å²) in [5.74, 6) is 0. The topological polar surface area (TPSA) is 45.0 Å². The lowest BCUT2D eigenvalue weighted by Gasteiger charge is -2.23. The predicted molar refractivity (Wildman–Crippen MR) is 51.3 cm³/mol. The Morgan fingerprint density at radius 2 is 2.38 bits per heavy atom. The highest BCUT2D eigenvalue weighted by molar-refractivity contribution is 4.71. The molecular formula is C10H18N2O. The van der Waals surface area contributed by atoms with Gasteiger partial charge in [-0.05, 0) is 25.8 Å². The number of unbranched alkanes of at least 4 members (excludes halogenated alkanes) is 1. The summed E-state index contributed by atoms with van der Waals surface area (Å²) >= 11 is 0. The third kappa shape index (κ3) is 4.87. The van der Waals surface area contributed by atoms with Crippen molar-refractivity contribution >= 4 is 0 Å². The van der Waals surface area contributed by atoms with Crippen LogP contribution in [0.1, 0.15) is 32.1 Å². The standard InChI is InChI=1S/C10H18N2O/c11-6-2-4-8-13-9-10-5-1-3-7-12-10/h10,12H,1-5,7-9H2. The van der Waals surface area contributed by atoms with E-state index in [9.17, 15) is 0 Å². The zero-order valence-electron chi connectivity index (χ0n) is 8.09. The molecule has 1 atom stereocenters. The average Bonchev–Trinajstić information content (AvgIpc) is 2.19. The predicted octanol–water partition coefficient (Wildman–Crippen LogP) is 1.45. The van der Waals surface area contributed by atoms with Crippen molar-refractivity contribution in [3.05, 3.63) is 0 Å². The van der Waals surface area contributed by atoms with E-state index in [-0.39, 0.29) is 0 Å². The van der Waals surface area contributed by atoms with Crippen molar-refractivity contribution in [3.63, 3.8) is 0 Å². The Bertz CT molecular complexity index is 159. The normalized spacial score (nSPS) is 22.5. The van der Waals surface area contributed by atoms with Gasteiger partial charge in [0.05, 0.1) is 12.7 Å². The van der Waals surface area contributed by atoms with E-state index in [1.165, 1.54) is 19.3 Å². The number of nitrogens with zero attached hydrogens (tertiary/aromatic N) is 1. The zero-order valence-corrected chi connectivity index (χ0v) is 8.09. The molecule has 3 heteroatoms. The van der Waals surface area contributed by atoms with Gasteiger partial charge in [0.1, 0.15) is 0 Å². The van der Waals surface area contributed by atoms with E-state index in [4.69, 9.17) is 10.00 Å². The quantitative estimate of drug-likeness (QED) is 0.654. The summed E-state index contributed by atoms with van der Waals surface area (Å²) < 4.78 is 5.46. The van der Waals surface area contributed by atoms with Gasteiger partial charge in [-0.1, -0.05) is 6.42 Å². The number of nitrogens with one attached hydrogen (secondary N) is 1. The third-order valence-electron chi connectivity index (χ3n) is 2.31. The molecule has 0 spiro atoms. The Morgan fingerprint density at radius 3 is 3.08 bits per heavy atom. The zero-order chi connectivity index (χ0) is 9.36. The van der Waals surface area contributed by atoms with Crippen LogP contribution in [0.3, 0.4) is 0 Å². The monoisotopic (exact) mass is 182 g/mol. The molecule has 0 saturated carbocycles. The highest BCUT2D eigenvalue weighted by Gasteiger charge is 2.11. The van der Waals surface area contributed by atoms with Gasteiger partial charge in [0, 0.05) is 19.1 Å². The van der Waals surface area contributed by atoms with E-state index in [0.717, 1.165) is 26.2 Å². The molecule has 0 bridgehead atoms. The second-order valence-electron chi connectivity index (χ2n) is 3.48. The minimum Gasteiger partial charge on any atom is -0.380 e. The van der Waals surface area contributed by atoms with E-state index in [2.05, 4.69) is 11.4 Å². The molecule has 0 amide bonds. The average molecular weight is 182 g/mol. The minimum atomic E-state index is 0.552. The first-order valence-electron chi connectivity index (χ1n) is 5.11. The molecule has 1 rings (SSSR count). The third-order valence-corrected chi connectivity index (χ3v) is 2.31. The van der Waals surface area contributed by atoms with Crippen LogP contribution in [0.4, 0.5) is 0 Å². The number of rotatable bonds is 5. The smallest absolute Gasteiger partial charge is 0.0622 e. The number of nitriles is 1. The van der Waals surface area contributed by atoms with E-state index in [1.54, 1.807) is 0 Å². The molecule has 1 heterocycles. The first kappa shape index (κ1) is 10.5. The fourth-order valence-electron chi connectivity index (χ4n) is 1.55. The lowest BCUT2D eigenvalue weighted by atomic mass is 10.1. The molecule has 1 fully saturated rings. The SMILES string of the molecule is N#CCCCOCC1CCCCN1. The van der Waals surface area contributed by atoms with Crippen LogP contribution in [-0.2, 0) is 4.74 Å². The first-order chi connectivity index (χ1) is 6.43. The molecule has 1 saturated heterocycles. The maximum atomic E-state index is 8.30. The van der Waals surface area contributed by atoms with Gasteiger partial charge in [-0.3, -0.25) is 0 Å². The van der Waals surface area contributed by atoms with Gasteiger partial charge in [-0.2, -0.15) is 5.26 Å². The second-order valence-corrected chi connectivity index (χ2v) is 3.48. The molecule has 0 aliphatic carbocycles. The fourth-order valence-corrected chi connectivity index (χ4v) is 1.55. The Hall–Kier alpha value is -0.590. The minimum absolute atomic E-state index is 0.552. The Kier molecular flexibility index (Phi) is 5.55. The van der Waals surface area contributed by atoms with Crippen molar-refractivity contribution in [2.24, 2.45) is 0 Å². The van der Waals surface area contributed by atoms with Gasteiger partial charge >= 0.3 is 0 Å². The summed E-state index contributed by atoms with van der Waals surface area (Å²) in [6.07, 6.45) is 5.32. The summed E-state index contributed by atoms with van der Waals surface area (Å²) in [5.41, 5.74) is 0. The molecule has 1 unspecified atom stereocenters. The van der Waals surface area contributed by atoms with Crippen molar-refractivity contribution in [2.45, 2.75) is 38.1 Å². The van der Waals surface area contributed by atoms with Crippen LogP contribution in [0, 0.1) is 11.3 Å². The molecule has 74 valence electrons. The van der Waals surface area contributed by atoms with Crippen LogP contribution in [-0.4, -0.2) is 25.8 Å². The maximum absolute atomic E-state index is 8.30. The lowest BCUT2D eigenvalue weighted by Crippen LogP contribution is -2.37. The van der Waals surface area contributed by atoms with Crippen LogP contribution < -0.4 is 5.32 Å². The van der Waals surface area contributed by atoms with Crippen molar-refractivity contribution in [1.29, 1.82) is 5.26 Å². The lowest BCUT2D eigenvalue weighted by molar-refractivity contribution is 0.102. The van der Waals surface area contributed by atoms with Crippen LogP contribution in [0.25, 0.3) is 0 Å². The molecule has 1 N–H and O–H groups in total. The van der Waals surface area contributed by atoms with Gasteiger partial charge in [-0.25, -0.2) is 0 Å². The largest absolute Gasteiger partial charge is 0.380 e. The molecule has 0 aromatic rings. The molecule has 1 aliphatic rings. The van der Waals surface area contributed by atoms with Gasteiger partial charge < -0.3 is 10.1 Å². The number of piperidine rings is 1. The molecule has 0 aromatic heterocycles. The van der Waals surface area contributed by atoms with Crippen molar-refractivity contribution in [3.8, 4) is 6.07 Å². The molecule has 0 aromatic carbocycles. The number of hydrogen-bond donors (Lipinski definition) is 1. The highest BCUT2D eigenvalue weighted by atomic mass is 16.5. The number of ether oxygens (including phenoxy) is 1. The van der Waals surface area contributed by atoms with Crippen molar-refractivity contribution in [2.75, 3.05) is 19.8 Å². The van der Waals surface area contributed by atoms with Crippen LogP contribution in [0.5, 0.6) is 0 Å². The summed E-state index contributed by atoms with van der Waals surface area (Å²) in [6.45, 7) is 2.67. The van der Waals surface area contributed by atoms with E-state index in [1.807, 2.05) is 0 Å². The molecular weight excluding hydrogens is 164 g/mol. The highest BCUT2D eigenvalue weighted by Crippen LogP contribution is 2.07. The molecule has 3 nitrogen and oxygen atoms in total. The summed E-state index contributed by atoms with van der Waals surface area (Å²) in [6, 6.07) is 2.66. The summed E-state index contributed by atoms with van der Waals surface area (Å²) in [5, 5.41) is 11.7. The fraction of sp³-hybridized carbons (Fsp3) is 0.900. The Labute approximate surface area is 80.1 Å². The molecule has 1 aliphatic heterocycles. The van der Waals surface area contributed by atoms with Gasteiger partial charge in [0.15, 0.2) is 0 Å². The van der Waals surface area contributed by atoms with Gasteiger partial charge in [0.25, 0.3) is 0 Å². The number of hydrogen-bond acceptors (Lipinski definition) is 3. The Morgan fingerprint density at radius 1 is 1.46 bits per heavy atom. The van der Waals surface area contributed by atoms with Crippen LogP contribution in [0.15, 0.2) is 0 Å². The molecule has 0 radical (unpaired) electrons. The van der Waals surface area contributed by atoms with Crippen molar-refractivity contribution < 1.29 is 4.74 Å². The Balaban J connectivity index is 1.90. The van der Waals surface area contributed by atoms with Gasteiger partial charge in [-0.15, -0.1) is 0 Å². The van der Waals surface area contributed by atoms with Gasteiger partial charge in [0.2, 0.25) is 0 Å². The first-order valence-corrected chi connectivity index (χ1v) is 5.11. The van der Waals surface area contributed by atoms with Crippen molar-refractivity contribution in [1.82, 2.24) is 5.32 Å². The van der Waals surface area contributed by atoms with Crippen LogP contribution in [0.2, 0.25) is 0 Å². The summed E-state index contributed by atoms with van der Waals surface area (Å²) in [7, 11) is 0. The van der Waals surface area contributed by atoms with Crippen LogP contribution >= 0.6 is 0 Å². The maximum Gasteiger partial charge on any atom is 0.0622 e. The summed E-state index contributed by atoms with van der Waals surface area (Å²) in [4.78, 5) is 0. The van der Waals surface area contributed by atoms with E-state index in [0.29, 0.717) is 12.5 Å². The molecule has 13 heavy (non-hydrogen) atoms. The van der Waals surface area contributed by atoms with E-state index >= 15 is 0 Å².